The highest BCUT2D eigenvalue weighted by Crippen LogP contribution is 2.39. The molecular weight excluding hydrogens is 270 g/mol. The first-order valence-corrected chi connectivity index (χ1v) is 6.47. The molecule has 1 aromatic heterocycles. The summed E-state index contributed by atoms with van der Waals surface area (Å²) in [5.41, 5.74) is 10.2. The summed E-state index contributed by atoms with van der Waals surface area (Å²) < 4.78 is 5.26. The zero-order valence-corrected chi connectivity index (χ0v) is 10.7. The van der Waals surface area contributed by atoms with Crippen molar-refractivity contribution in [1.29, 1.82) is 5.41 Å². The molecule has 1 aliphatic carbocycles. The molecule has 0 bridgehead atoms. The predicted molar refractivity (Wildman–Crippen MR) is 70.9 cm³/mol. The first kappa shape index (κ1) is 13.3. The SMILES string of the molecule is N=C(N=C(N)N)SCC(=O)Nc1nnc(C2CC2)o1. The number of hydrogen-bond acceptors (Lipinski definition) is 6. The monoisotopic (exact) mass is 283 g/mol. The Morgan fingerprint density at radius 1 is 1.53 bits per heavy atom. The first-order valence-electron chi connectivity index (χ1n) is 5.49. The highest BCUT2D eigenvalue weighted by Gasteiger charge is 2.29. The van der Waals surface area contributed by atoms with Crippen LogP contribution < -0.4 is 16.8 Å². The molecule has 0 radical (unpaired) electrons. The summed E-state index contributed by atoms with van der Waals surface area (Å²) in [7, 11) is 0. The summed E-state index contributed by atoms with van der Waals surface area (Å²) in [6.07, 6.45) is 2.09. The van der Waals surface area contributed by atoms with Gasteiger partial charge in [0.2, 0.25) is 11.8 Å². The average molecular weight is 283 g/mol. The summed E-state index contributed by atoms with van der Waals surface area (Å²) in [5.74, 6) is 0.283. The number of anilines is 1. The molecule has 0 unspecified atom stereocenters. The van der Waals surface area contributed by atoms with E-state index < -0.39 is 0 Å². The Kier molecular flexibility index (Phi) is 4.00. The quantitative estimate of drug-likeness (QED) is 0.441. The molecule has 1 saturated carbocycles. The lowest BCUT2D eigenvalue weighted by Crippen LogP contribution is -2.24. The van der Waals surface area contributed by atoms with Gasteiger partial charge >= 0.3 is 6.01 Å². The fourth-order valence-electron chi connectivity index (χ4n) is 1.22. The van der Waals surface area contributed by atoms with Crippen molar-refractivity contribution in [2.75, 3.05) is 11.1 Å². The van der Waals surface area contributed by atoms with E-state index in [1.165, 1.54) is 0 Å². The van der Waals surface area contributed by atoms with Crippen LogP contribution in [0.2, 0.25) is 0 Å². The second-order valence-electron chi connectivity index (χ2n) is 3.90. The lowest BCUT2D eigenvalue weighted by atomic mass is 10.4. The normalized spacial score (nSPS) is 13.9. The Balaban J connectivity index is 1.77. The molecule has 102 valence electrons. The van der Waals surface area contributed by atoms with Gasteiger partial charge in [0.05, 0.1) is 5.75 Å². The molecule has 9 nitrogen and oxygen atoms in total. The van der Waals surface area contributed by atoms with Gasteiger partial charge in [0.1, 0.15) is 0 Å². The molecule has 10 heteroatoms. The van der Waals surface area contributed by atoms with Crippen LogP contribution in [0.25, 0.3) is 0 Å². The number of thioether (sulfide) groups is 1. The van der Waals surface area contributed by atoms with Crippen LogP contribution in [0.4, 0.5) is 6.01 Å². The fourth-order valence-corrected chi connectivity index (χ4v) is 1.73. The van der Waals surface area contributed by atoms with E-state index in [9.17, 15) is 4.79 Å². The number of nitrogens with two attached hydrogens (primary N) is 2. The Hall–Kier alpha value is -2.10. The van der Waals surface area contributed by atoms with Gasteiger partial charge in [-0.25, -0.2) is 0 Å². The molecule has 1 fully saturated rings. The maximum Gasteiger partial charge on any atom is 0.322 e. The molecule has 0 atom stereocenters. The highest BCUT2D eigenvalue weighted by molar-refractivity contribution is 8.14. The van der Waals surface area contributed by atoms with Crippen molar-refractivity contribution in [1.82, 2.24) is 10.2 Å². The molecule has 1 aromatic rings. The summed E-state index contributed by atoms with van der Waals surface area (Å²) in [4.78, 5) is 15.0. The summed E-state index contributed by atoms with van der Waals surface area (Å²) in [6, 6.07) is 0.0703. The van der Waals surface area contributed by atoms with Gasteiger partial charge in [0, 0.05) is 5.92 Å². The lowest BCUT2D eigenvalue weighted by Gasteiger charge is -1.99. The van der Waals surface area contributed by atoms with Crippen LogP contribution in [0.3, 0.4) is 0 Å². The molecule has 1 heterocycles. The number of nitrogens with zero attached hydrogens (tertiary/aromatic N) is 3. The number of hydrogen-bond donors (Lipinski definition) is 4. The summed E-state index contributed by atoms with van der Waals surface area (Å²) in [6.45, 7) is 0. The molecule has 0 aliphatic heterocycles. The number of amides is 1. The predicted octanol–water partition coefficient (Wildman–Crippen LogP) is -0.173. The van der Waals surface area contributed by atoms with Crippen LogP contribution in [-0.2, 0) is 4.79 Å². The Morgan fingerprint density at radius 2 is 2.26 bits per heavy atom. The van der Waals surface area contributed by atoms with Gasteiger partial charge < -0.3 is 15.9 Å². The molecule has 1 amide bonds. The highest BCUT2D eigenvalue weighted by atomic mass is 32.2. The van der Waals surface area contributed by atoms with E-state index in [-0.39, 0.29) is 28.8 Å². The van der Waals surface area contributed by atoms with E-state index in [0.29, 0.717) is 11.8 Å². The van der Waals surface area contributed by atoms with Crippen LogP contribution in [0, 0.1) is 5.41 Å². The van der Waals surface area contributed by atoms with Crippen molar-refractivity contribution >= 4 is 34.8 Å². The molecule has 0 spiro atoms. The minimum absolute atomic E-state index is 0.0171. The van der Waals surface area contributed by atoms with Gasteiger partial charge in [-0.2, -0.15) is 4.99 Å². The Labute approximate surface area is 112 Å². The zero-order chi connectivity index (χ0) is 13.8. The topological polar surface area (TPSA) is 156 Å². The van der Waals surface area contributed by atoms with Crippen LogP contribution in [0.1, 0.15) is 24.7 Å². The Bertz CT molecular complexity index is 518. The minimum atomic E-state index is -0.369. The van der Waals surface area contributed by atoms with E-state index in [1.54, 1.807) is 0 Å². The fraction of sp³-hybridized carbons (Fsp3) is 0.444. The van der Waals surface area contributed by atoms with E-state index in [1.807, 2.05) is 0 Å². The standard InChI is InChI=1S/C9H13N7O2S/c10-7(11)14-8(12)19-3-5(17)13-9-16-15-6(18-9)4-1-2-4/h4H,1-3H2,(H,13,16,17)(H5,10,11,12,14). The largest absolute Gasteiger partial charge is 0.408 e. The number of rotatable bonds is 4. The van der Waals surface area contributed by atoms with Gasteiger partial charge in [0.15, 0.2) is 11.1 Å². The van der Waals surface area contributed by atoms with Crippen molar-refractivity contribution < 1.29 is 9.21 Å². The van der Waals surface area contributed by atoms with Crippen molar-refractivity contribution in [2.24, 2.45) is 16.5 Å². The maximum atomic E-state index is 11.5. The number of carbonyl (C=O) groups is 1. The third kappa shape index (κ3) is 4.25. The molecular formula is C9H13N7O2S. The smallest absolute Gasteiger partial charge is 0.322 e. The number of aromatic nitrogens is 2. The number of guanidine groups is 1. The van der Waals surface area contributed by atoms with Gasteiger partial charge in [-0.1, -0.05) is 16.9 Å². The summed E-state index contributed by atoms with van der Waals surface area (Å²) >= 11 is 0.891. The number of carbonyl (C=O) groups excluding carboxylic acids is 1. The van der Waals surface area contributed by atoms with E-state index in [0.717, 1.165) is 24.6 Å². The summed E-state index contributed by atoms with van der Waals surface area (Å²) in [5, 5.41) is 17.2. The van der Waals surface area contributed by atoms with Crippen LogP contribution in [-0.4, -0.2) is 33.0 Å². The van der Waals surface area contributed by atoms with Crippen LogP contribution in [0.15, 0.2) is 9.41 Å². The van der Waals surface area contributed by atoms with Crippen LogP contribution in [0.5, 0.6) is 0 Å². The van der Waals surface area contributed by atoms with Crippen molar-refractivity contribution in [3.8, 4) is 0 Å². The van der Waals surface area contributed by atoms with E-state index in [2.05, 4.69) is 20.5 Å². The van der Waals surface area contributed by atoms with Crippen molar-refractivity contribution in [3.05, 3.63) is 5.89 Å². The van der Waals surface area contributed by atoms with Crippen LogP contribution >= 0.6 is 11.8 Å². The zero-order valence-electron chi connectivity index (χ0n) is 9.92. The third-order valence-electron chi connectivity index (χ3n) is 2.18. The molecule has 1 aliphatic rings. The third-order valence-corrected chi connectivity index (χ3v) is 2.96. The van der Waals surface area contributed by atoms with Gasteiger partial charge in [-0.05, 0) is 12.8 Å². The van der Waals surface area contributed by atoms with Crippen molar-refractivity contribution in [3.63, 3.8) is 0 Å². The second-order valence-corrected chi connectivity index (χ2v) is 4.86. The molecule has 0 aromatic carbocycles. The minimum Gasteiger partial charge on any atom is -0.408 e. The number of nitrogens with one attached hydrogen (secondary N) is 2. The van der Waals surface area contributed by atoms with Gasteiger partial charge in [-0.3, -0.25) is 15.5 Å². The molecule has 0 saturated heterocycles. The number of aliphatic imine (C=N–C) groups is 1. The van der Waals surface area contributed by atoms with Gasteiger partial charge in [0.25, 0.3) is 0 Å². The molecule has 2 rings (SSSR count). The first-order chi connectivity index (χ1) is 9.04. The second kappa shape index (κ2) is 5.69. The number of amidine groups is 1. The Morgan fingerprint density at radius 3 is 2.89 bits per heavy atom. The molecule has 19 heavy (non-hydrogen) atoms. The van der Waals surface area contributed by atoms with E-state index >= 15 is 0 Å². The van der Waals surface area contributed by atoms with Gasteiger partial charge in [-0.15, -0.1) is 5.10 Å². The molecule has 6 N–H and O–H groups in total. The lowest BCUT2D eigenvalue weighted by molar-refractivity contribution is -0.113. The maximum absolute atomic E-state index is 11.5. The van der Waals surface area contributed by atoms with E-state index in [4.69, 9.17) is 21.3 Å². The van der Waals surface area contributed by atoms with Crippen molar-refractivity contribution in [2.45, 2.75) is 18.8 Å². The average Bonchev–Trinajstić information content (AvgIpc) is 3.07.